The number of benzene rings is 1. The monoisotopic (exact) mass is 429 g/mol. The smallest absolute Gasteiger partial charge is 0.0701 e. The molecule has 174 valence electrons. The highest BCUT2D eigenvalue weighted by Crippen LogP contribution is 2.13. The molecule has 0 heterocycles. The van der Waals surface area contributed by atoms with Crippen LogP contribution in [0, 0.1) is 0 Å². The van der Waals surface area contributed by atoms with E-state index in [1.807, 2.05) is 18.2 Å². The number of hydrogen-bond acceptors (Lipinski definition) is 8. The van der Waals surface area contributed by atoms with Gasteiger partial charge in [0.2, 0.25) is 0 Å². The van der Waals surface area contributed by atoms with Gasteiger partial charge in [0, 0.05) is 13.2 Å². The molecular formula is C22H39NO7. The normalized spacial score (nSPS) is 11.3. The van der Waals surface area contributed by atoms with Crippen LogP contribution in [-0.2, 0) is 43.3 Å². The molecule has 1 aromatic rings. The number of unbranched alkanes of at least 4 members (excludes halogenated alkanes) is 1. The van der Waals surface area contributed by atoms with Crippen LogP contribution >= 0.6 is 0 Å². The molecule has 1 aromatic carbocycles. The van der Waals surface area contributed by atoms with Gasteiger partial charge < -0.3 is 39.6 Å². The van der Waals surface area contributed by atoms with Crippen LogP contribution < -0.4 is 5.73 Å². The Morgan fingerprint density at radius 1 is 0.533 bits per heavy atom. The van der Waals surface area contributed by atoms with Crippen molar-refractivity contribution in [2.24, 2.45) is 5.73 Å². The van der Waals surface area contributed by atoms with E-state index in [9.17, 15) is 10.2 Å². The van der Waals surface area contributed by atoms with Crippen molar-refractivity contribution in [1.82, 2.24) is 0 Å². The summed E-state index contributed by atoms with van der Waals surface area (Å²) in [4.78, 5) is 0. The Hall–Kier alpha value is -1.10. The first-order valence-corrected chi connectivity index (χ1v) is 10.7. The summed E-state index contributed by atoms with van der Waals surface area (Å²) >= 11 is 0. The topological polar surface area (TPSA) is 113 Å². The number of rotatable bonds is 21. The molecule has 4 N–H and O–H groups in total. The van der Waals surface area contributed by atoms with Crippen LogP contribution in [0.1, 0.15) is 29.5 Å². The summed E-state index contributed by atoms with van der Waals surface area (Å²) in [6, 6.07) is 5.80. The van der Waals surface area contributed by atoms with Crippen LogP contribution in [0.2, 0.25) is 0 Å². The third-order valence-corrected chi connectivity index (χ3v) is 4.23. The van der Waals surface area contributed by atoms with Crippen molar-refractivity contribution in [3.8, 4) is 0 Å². The fourth-order valence-electron chi connectivity index (χ4n) is 2.76. The predicted molar refractivity (Wildman–Crippen MR) is 114 cm³/mol. The Kier molecular flexibility index (Phi) is 17.8. The lowest BCUT2D eigenvalue weighted by Gasteiger charge is -2.08. The summed E-state index contributed by atoms with van der Waals surface area (Å²) in [6.07, 6.45) is 2.86. The lowest BCUT2D eigenvalue weighted by atomic mass is 10.0. The van der Waals surface area contributed by atoms with Gasteiger partial charge in [0.1, 0.15) is 0 Å². The molecule has 1 rings (SSSR count). The molecular weight excluding hydrogens is 390 g/mol. The number of aliphatic hydroxyl groups excluding tert-OH is 2. The second kappa shape index (κ2) is 19.8. The zero-order valence-electron chi connectivity index (χ0n) is 18.1. The zero-order valence-corrected chi connectivity index (χ0v) is 18.1. The minimum atomic E-state index is -0.00613. The lowest BCUT2D eigenvalue weighted by Crippen LogP contribution is -2.14. The van der Waals surface area contributed by atoms with Crippen LogP contribution in [0.5, 0.6) is 0 Å². The quantitative estimate of drug-likeness (QED) is 0.249. The Morgan fingerprint density at radius 3 is 1.37 bits per heavy atom. The Bertz CT molecular complexity index is 494. The summed E-state index contributed by atoms with van der Waals surface area (Å²) in [5.41, 5.74) is 8.14. The minimum absolute atomic E-state index is 0.00613. The summed E-state index contributed by atoms with van der Waals surface area (Å²) < 4.78 is 27.0. The molecule has 8 heteroatoms. The van der Waals surface area contributed by atoms with E-state index in [4.69, 9.17) is 29.4 Å². The standard InChI is InChI=1S/C22H39NO7/c23-4-6-27-8-10-29-12-14-30-13-11-28-9-7-26-5-2-1-3-20-15-21(18-24)17-22(16-20)19-25/h15-17,24-25H,1-14,18-19,23H2. The van der Waals surface area contributed by atoms with Crippen molar-refractivity contribution < 1.29 is 33.9 Å². The van der Waals surface area contributed by atoms with E-state index >= 15 is 0 Å². The van der Waals surface area contributed by atoms with Crippen molar-refractivity contribution in [1.29, 1.82) is 0 Å². The maximum Gasteiger partial charge on any atom is 0.0701 e. The van der Waals surface area contributed by atoms with Crippen molar-refractivity contribution in [3.05, 3.63) is 34.9 Å². The Balaban J connectivity index is 1.84. The first-order valence-electron chi connectivity index (χ1n) is 10.7. The van der Waals surface area contributed by atoms with Gasteiger partial charge in [-0.25, -0.2) is 0 Å². The molecule has 0 fully saturated rings. The minimum Gasteiger partial charge on any atom is -0.392 e. The second-order valence-electron chi connectivity index (χ2n) is 6.78. The Morgan fingerprint density at radius 2 is 0.933 bits per heavy atom. The Labute approximate surface area is 180 Å². The van der Waals surface area contributed by atoms with Crippen LogP contribution in [0.3, 0.4) is 0 Å². The molecule has 0 aliphatic heterocycles. The number of aliphatic hydroxyl groups is 2. The molecule has 0 aliphatic rings. The van der Waals surface area contributed by atoms with Gasteiger partial charge in [-0.2, -0.15) is 0 Å². The van der Waals surface area contributed by atoms with Gasteiger partial charge in [-0.3, -0.25) is 0 Å². The van der Waals surface area contributed by atoms with Crippen molar-refractivity contribution in [2.45, 2.75) is 32.5 Å². The molecule has 0 atom stereocenters. The van der Waals surface area contributed by atoms with Gasteiger partial charge in [-0.1, -0.05) is 18.2 Å². The van der Waals surface area contributed by atoms with E-state index in [1.54, 1.807) is 0 Å². The number of hydrogen-bond donors (Lipinski definition) is 3. The molecule has 8 nitrogen and oxygen atoms in total. The summed E-state index contributed by atoms with van der Waals surface area (Å²) in [7, 11) is 0. The van der Waals surface area contributed by atoms with E-state index < -0.39 is 0 Å². The number of aryl methyl sites for hydroxylation is 1. The van der Waals surface area contributed by atoms with Crippen LogP contribution in [0.15, 0.2) is 18.2 Å². The largest absolute Gasteiger partial charge is 0.392 e. The molecule has 0 amide bonds. The van der Waals surface area contributed by atoms with E-state index in [1.165, 1.54) is 0 Å². The van der Waals surface area contributed by atoms with E-state index in [0.717, 1.165) is 36.0 Å². The maximum atomic E-state index is 9.28. The van der Waals surface area contributed by atoms with Crippen molar-refractivity contribution in [2.75, 3.05) is 72.6 Å². The molecule has 0 saturated heterocycles. The maximum absolute atomic E-state index is 9.28. The highest BCUT2D eigenvalue weighted by atomic mass is 16.6. The first-order chi connectivity index (χ1) is 14.8. The highest BCUT2D eigenvalue weighted by molar-refractivity contribution is 5.29. The third kappa shape index (κ3) is 14.8. The van der Waals surface area contributed by atoms with E-state index in [-0.39, 0.29) is 13.2 Å². The average Bonchev–Trinajstić information content (AvgIpc) is 2.78. The molecule has 0 unspecified atom stereocenters. The van der Waals surface area contributed by atoms with Crippen molar-refractivity contribution in [3.63, 3.8) is 0 Å². The van der Waals surface area contributed by atoms with Gasteiger partial charge in [0.15, 0.2) is 0 Å². The molecule has 0 aliphatic carbocycles. The summed E-state index contributed by atoms with van der Waals surface area (Å²) in [5, 5.41) is 18.6. The van der Waals surface area contributed by atoms with Crippen molar-refractivity contribution >= 4 is 0 Å². The van der Waals surface area contributed by atoms with Crippen LogP contribution in [0.25, 0.3) is 0 Å². The second-order valence-corrected chi connectivity index (χ2v) is 6.78. The van der Waals surface area contributed by atoms with Gasteiger partial charge >= 0.3 is 0 Å². The highest BCUT2D eigenvalue weighted by Gasteiger charge is 2.01. The van der Waals surface area contributed by atoms with Crippen LogP contribution in [-0.4, -0.2) is 82.8 Å². The van der Waals surface area contributed by atoms with Gasteiger partial charge in [-0.15, -0.1) is 0 Å². The summed E-state index contributed by atoms with van der Waals surface area (Å²) in [6.45, 7) is 6.16. The summed E-state index contributed by atoms with van der Waals surface area (Å²) in [5.74, 6) is 0. The number of nitrogens with two attached hydrogens (primary N) is 1. The molecule has 0 spiro atoms. The fourth-order valence-corrected chi connectivity index (χ4v) is 2.76. The fraction of sp³-hybridized carbons (Fsp3) is 0.727. The third-order valence-electron chi connectivity index (χ3n) is 4.23. The first kappa shape index (κ1) is 26.9. The molecule has 0 aromatic heterocycles. The molecule has 30 heavy (non-hydrogen) atoms. The van der Waals surface area contributed by atoms with Gasteiger partial charge in [0.05, 0.1) is 72.7 Å². The lowest BCUT2D eigenvalue weighted by molar-refractivity contribution is -0.0107. The molecule has 0 radical (unpaired) electrons. The van der Waals surface area contributed by atoms with Gasteiger partial charge in [0.25, 0.3) is 0 Å². The number of ether oxygens (including phenoxy) is 5. The predicted octanol–water partition coefficient (Wildman–Crippen LogP) is 1.04. The van der Waals surface area contributed by atoms with E-state index in [0.29, 0.717) is 72.6 Å². The molecule has 0 saturated carbocycles. The van der Waals surface area contributed by atoms with Gasteiger partial charge in [-0.05, 0) is 36.0 Å². The molecule has 0 bridgehead atoms. The average molecular weight is 430 g/mol. The zero-order chi connectivity index (χ0) is 21.7. The van der Waals surface area contributed by atoms with E-state index in [2.05, 4.69) is 0 Å². The van der Waals surface area contributed by atoms with Crippen LogP contribution in [0.4, 0.5) is 0 Å². The SMILES string of the molecule is NCCOCCOCCOCCOCCOCCCCc1cc(CO)cc(CO)c1.